The normalized spacial score (nSPS) is 16.8. The molecule has 1 aromatic carbocycles. The van der Waals surface area contributed by atoms with Crippen molar-refractivity contribution in [1.82, 2.24) is 4.31 Å². The van der Waals surface area contributed by atoms with Gasteiger partial charge in [0.1, 0.15) is 12.3 Å². The van der Waals surface area contributed by atoms with Crippen molar-refractivity contribution in [1.29, 1.82) is 0 Å². The summed E-state index contributed by atoms with van der Waals surface area (Å²) in [7, 11) is -4.24. The number of aromatic hydroxyl groups is 1. The van der Waals surface area contributed by atoms with Crippen LogP contribution in [0.5, 0.6) is 5.75 Å². The fraction of sp³-hybridized carbons (Fsp3) is 0.455. The number of hydrogen-bond acceptors (Lipinski definition) is 3. The molecule has 0 heterocycles. The molecule has 0 bridgehead atoms. The molecule has 1 saturated carbocycles. The van der Waals surface area contributed by atoms with Crippen molar-refractivity contribution in [3.63, 3.8) is 0 Å². The van der Waals surface area contributed by atoms with Gasteiger partial charge in [-0.1, -0.05) is 6.07 Å². The second-order valence-corrected chi connectivity index (χ2v) is 6.28. The zero-order valence-electron chi connectivity index (χ0n) is 9.76. The number of alkyl halides is 3. The third kappa shape index (κ3) is 3.38. The van der Waals surface area contributed by atoms with Crippen LogP contribution in [0.4, 0.5) is 13.2 Å². The number of nitrogens with zero attached hydrogens (tertiary/aromatic N) is 1. The van der Waals surface area contributed by atoms with Gasteiger partial charge < -0.3 is 5.11 Å². The molecular formula is C11H12F3NO3S. The van der Waals surface area contributed by atoms with Gasteiger partial charge in [0.25, 0.3) is 0 Å². The van der Waals surface area contributed by atoms with Gasteiger partial charge in [-0.3, -0.25) is 0 Å². The number of sulfonamides is 1. The minimum absolute atomic E-state index is 0.302. The van der Waals surface area contributed by atoms with E-state index in [2.05, 4.69) is 0 Å². The summed E-state index contributed by atoms with van der Waals surface area (Å²) in [6.45, 7) is -1.50. The second-order valence-electron chi connectivity index (χ2n) is 4.39. The van der Waals surface area contributed by atoms with Crippen LogP contribution in [0.1, 0.15) is 12.8 Å². The lowest BCUT2D eigenvalue weighted by Crippen LogP contribution is -2.40. The highest BCUT2D eigenvalue weighted by Crippen LogP contribution is 2.35. The van der Waals surface area contributed by atoms with Crippen molar-refractivity contribution in [3.8, 4) is 5.75 Å². The van der Waals surface area contributed by atoms with Gasteiger partial charge in [0.2, 0.25) is 10.0 Å². The largest absolute Gasteiger partial charge is 0.508 e. The average molecular weight is 295 g/mol. The Morgan fingerprint density at radius 2 is 1.95 bits per heavy atom. The Labute approximate surface area is 108 Å². The first kappa shape index (κ1) is 14.1. The molecule has 1 aliphatic carbocycles. The summed E-state index contributed by atoms with van der Waals surface area (Å²) in [5, 5.41) is 9.24. The lowest BCUT2D eigenvalue weighted by molar-refractivity contribution is -0.137. The summed E-state index contributed by atoms with van der Waals surface area (Å²) in [6, 6.07) is 4.04. The summed E-state index contributed by atoms with van der Waals surface area (Å²) >= 11 is 0. The van der Waals surface area contributed by atoms with Crippen molar-refractivity contribution in [2.45, 2.75) is 30.0 Å². The van der Waals surface area contributed by atoms with E-state index in [1.807, 2.05) is 0 Å². The van der Waals surface area contributed by atoms with Crippen molar-refractivity contribution in [2.75, 3.05) is 6.54 Å². The van der Waals surface area contributed by atoms with Crippen molar-refractivity contribution in [3.05, 3.63) is 24.3 Å². The summed E-state index contributed by atoms with van der Waals surface area (Å²) in [6.07, 6.45) is -3.74. The lowest BCUT2D eigenvalue weighted by atomic mass is 10.3. The van der Waals surface area contributed by atoms with Crippen LogP contribution in [0.2, 0.25) is 0 Å². The van der Waals surface area contributed by atoms with Gasteiger partial charge >= 0.3 is 6.18 Å². The molecule has 0 spiro atoms. The van der Waals surface area contributed by atoms with E-state index < -0.39 is 28.8 Å². The van der Waals surface area contributed by atoms with E-state index in [9.17, 15) is 26.7 Å². The molecule has 1 aromatic rings. The monoisotopic (exact) mass is 295 g/mol. The van der Waals surface area contributed by atoms with E-state index in [4.69, 9.17) is 0 Å². The van der Waals surface area contributed by atoms with Crippen LogP contribution in [0, 0.1) is 0 Å². The van der Waals surface area contributed by atoms with Gasteiger partial charge in [0.05, 0.1) is 4.90 Å². The molecule has 4 nitrogen and oxygen atoms in total. The molecule has 1 fully saturated rings. The molecule has 8 heteroatoms. The number of halogens is 3. The number of hydrogen-bond donors (Lipinski definition) is 1. The first-order valence-corrected chi connectivity index (χ1v) is 7.02. The minimum atomic E-state index is -4.59. The van der Waals surface area contributed by atoms with Crippen LogP contribution in [0.25, 0.3) is 0 Å². The van der Waals surface area contributed by atoms with Crippen molar-refractivity contribution < 1.29 is 26.7 Å². The zero-order valence-corrected chi connectivity index (χ0v) is 10.6. The summed E-state index contributed by atoms with van der Waals surface area (Å²) in [4.78, 5) is -0.330. The SMILES string of the molecule is O=S(=O)(c1cccc(O)c1)N(CC(F)(F)F)C1CC1. The zero-order chi connectivity index (χ0) is 14.3. The van der Waals surface area contributed by atoms with Gasteiger partial charge in [-0.05, 0) is 31.0 Å². The molecule has 0 saturated heterocycles. The maximum absolute atomic E-state index is 12.5. The molecule has 0 aromatic heterocycles. The van der Waals surface area contributed by atoms with Crippen LogP contribution >= 0.6 is 0 Å². The molecule has 106 valence electrons. The Hall–Kier alpha value is -1.28. The fourth-order valence-electron chi connectivity index (χ4n) is 1.73. The molecule has 0 amide bonds. The number of phenols is 1. The van der Waals surface area contributed by atoms with Gasteiger partial charge in [-0.15, -0.1) is 0 Å². The third-order valence-electron chi connectivity index (χ3n) is 2.71. The summed E-state index contributed by atoms with van der Waals surface area (Å²) in [5.41, 5.74) is 0. The highest BCUT2D eigenvalue weighted by atomic mass is 32.2. The minimum Gasteiger partial charge on any atom is -0.508 e. The Bertz CT molecular complexity index is 567. The van der Waals surface area contributed by atoms with E-state index in [0.29, 0.717) is 17.1 Å². The quantitative estimate of drug-likeness (QED) is 0.925. The fourth-order valence-corrected chi connectivity index (χ4v) is 3.44. The van der Waals surface area contributed by atoms with Gasteiger partial charge in [-0.2, -0.15) is 17.5 Å². The molecule has 19 heavy (non-hydrogen) atoms. The van der Waals surface area contributed by atoms with Crippen LogP contribution in [0.15, 0.2) is 29.2 Å². The van der Waals surface area contributed by atoms with Gasteiger partial charge in [-0.25, -0.2) is 8.42 Å². The molecule has 0 aliphatic heterocycles. The Morgan fingerprint density at radius 1 is 1.32 bits per heavy atom. The Morgan fingerprint density at radius 3 is 2.42 bits per heavy atom. The van der Waals surface area contributed by atoms with Crippen LogP contribution in [0.3, 0.4) is 0 Å². The van der Waals surface area contributed by atoms with Crippen molar-refractivity contribution >= 4 is 10.0 Å². The predicted molar refractivity (Wildman–Crippen MR) is 61.1 cm³/mol. The Kier molecular flexibility index (Phi) is 3.48. The maximum atomic E-state index is 12.5. The van der Waals surface area contributed by atoms with Gasteiger partial charge in [0, 0.05) is 6.04 Å². The first-order chi connectivity index (χ1) is 8.70. The van der Waals surface area contributed by atoms with E-state index in [0.717, 1.165) is 6.07 Å². The predicted octanol–water partition coefficient (Wildman–Crippen LogP) is 2.11. The summed E-state index contributed by atoms with van der Waals surface area (Å²) in [5.74, 6) is -0.302. The second kappa shape index (κ2) is 4.68. The van der Waals surface area contributed by atoms with Crippen molar-refractivity contribution in [2.24, 2.45) is 0 Å². The van der Waals surface area contributed by atoms with Crippen LogP contribution < -0.4 is 0 Å². The molecule has 1 N–H and O–H groups in total. The standard InChI is InChI=1S/C11H12F3NO3S/c12-11(13,14)7-15(8-4-5-8)19(17,18)10-3-1-2-9(16)6-10/h1-3,6,8,16H,4-5,7H2. The molecular weight excluding hydrogens is 283 g/mol. The van der Waals surface area contributed by atoms with E-state index in [-0.39, 0.29) is 10.6 Å². The number of rotatable bonds is 4. The van der Waals surface area contributed by atoms with E-state index >= 15 is 0 Å². The van der Waals surface area contributed by atoms with Crippen LogP contribution in [-0.2, 0) is 10.0 Å². The number of phenolic OH excluding ortho intramolecular Hbond substituents is 1. The molecule has 2 rings (SSSR count). The smallest absolute Gasteiger partial charge is 0.402 e. The van der Waals surface area contributed by atoms with Crippen LogP contribution in [-0.4, -0.2) is 36.6 Å². The summed E-state index contributed by atoms with van der Waals surface area (Å²) < 4.78 is 62.2. The maximum Gasteiger partial charge on any atom is 0.402 e. The van der Waals surface area contributed by atoms with Gasteiger partial charge in [0.15, 0.2) is 0 Å². The average Bonchev–Trinajstić information content (AvgIpc) is 3.08. The van der Waals surface area contributed by atoms with E-state index in [1.54, 1.807) is 0 Å². The lowest BCUT2D eigenvalue weighted by Gasteiger charge is -2.23. The molecule has 0 atom stereocenters. The topological polar surface area (TPSA) is 57.6 Å². The number of benzene rings is 1. The highest BCUT2D eigenvalue weighted by molar-refractivity contribution is 7.89. The van der Waals surface area contributed by atoms with E-state index in [1.165, 1.54) is 18.2 Å². The molecule has 0 radical (unpaired) electrons. The molecule has 1 aliphatic rings. The third-order valence-corrected chi connectivity index (χ3v) is 4.61. The molecule has 0 unspecified atom stereocenters. The highest BCUT2D eigenvalue weighted by Gasteiger charge is 2.44. The first-order valence-electron chi connectivity index (χ1n) is 5.58. The Balaban J connectivity index is 2.35.